The smallest absolute Gasteiger partial charge is 0.131 e. The molecule has 122 valence electrons. The van der Waals surface area contributed by atoms with E-state index in [1.54, 1.807) is 0 Å². The highest BCUT2D eigenvalue weighted by atomic mass is 79.9. The Balaban J connectivity index is 2.02. The highest BCUT2D eigenvalue weighted by Gasteiger charge is 2.19. The van der Waals surface area contributed by atoms with Gasteiger partial charge in [0.25, 0.3) is 0 Å². The molecule has 1 N–H and O–H groups in total. The van der Waals surface area contributed by atoms with Crippen LogP contribution in [0.25, 0.3) is 0 Å². The lowest BCUT2D eigenvalue weighted by Crippen LogP contribution is -2.05. The zero-order valence-electron chi connectivity index (χ0n) is 13.2. The summed E-state index contributed by atoms with van der Waals surface area (Å²) in [6, 6.07) is 26.0. The number of aliphatic hydroxyl groups excluding tert-OH is 1. The van der Waals surface area contributed by atoms with Gasteiger partial charge in [-0.25, -0.2) is 0 Å². The lowest BCUT2D eigenvalue weighted by Gasteiger charge is -2.21. The zero-order chi connectivity index (χ0) is 16.8. The molecule has 3 aromatic carbocycles. The Morgan fingerprint density at radius 2 is 1.54 bits per heavy atom. The summed E-state index contributed by atoms with van der Waals surface area (Å²) in [6.07, 6.45) is 0.644. The van der Waals surface area contributed by atoms with Gasteiger partial charge in [0.05, 0.1) is 0 Å². The largest absolute Gasteiger partial charge is 0.457 e. The molecule has 0 bridgehead atoms. The Bertz CT molecular complexity index is 772. The minimum Gasteiger partial charge on any atom is -0.457 e. The lowest BCUT2D eigenvalue weighted by atomic mass is 9.88. The molecule has 0 saturated heterocycles. The number of aliphatic hydroxyl groups is 1. The molecule has 1 unspecified atom stereocenters. The van der Waals surface area contributed by atoms with E-state index in [1.165, 1.54) is 5.56 Å². The van der Waals surface area contributed by atoms with Gasteiger partial charge in [-0.05, 0) is 42.3 Å². The van der Waals surface area contributed by atoms with Gasteiger partial charge in [-0.3, -0.25) is 0 Å². The van der Waals surface area contributed by atoms with Crippen LogP contribution in [0.5, 0.6) is 11.5 Å². The third kappa shape index (κ3) is 4.05. The Labute approximate surface area is 150 Å². The van der Waals surface area contributed by atoms with Crippen LogP contribution in [0.1, 0.15) is 23.5 Å². The highest BCUT2D eigenvalue weighted by molar-refractivity contribution is 9.10. The summed E-state index contributed by atoms with van der Waals surface area (Å²) in [6.45, 7) is 0.122. The van der Waals surface area contributed by atoms with Crippen LogP contribution in [-0.2, 0) is 0 Å². The van der Waals surface area contributed by atoms with Crippen molar-refractivity contribution in [2.24, 2.45) is 0 Å². The van der Waals surface area contributed by atoms with Crippen molar-refractivity contribution < 1.29 is 9.84 Å². The van der Waals surface area contributed by atoms with Crippen LogP contribution in [0.2, 0.25) is 0 Å². The molecule has 0 radical (unpaired) electrons. The third-order valence-corrected chi connectivity index (χ3v) is 4.43. The van der Waals surface area contributed by atoms with Crippen LogP contribution in [0.4, 0.5) is 0 Å². The Morgan fingerprint density at radius 1 is 0.875 bits per heavy atom. The van der Waals surface area contributed by atoms with Gasteiger partial charge in [0, 0.05) is 22.6 Å². The summed E-state index contributed by atoms with van der Waals surface area (Å²) in [5.74, 6) is 1.69. The van der Waals surface area contributed by atoms with Gasteiger partial charge in [-0.2, -0.15) is 0 Å². The minimum atomic E-state index is 0.0763. The van der Waals surface area contributed by atoms with E-state index in [4.69, 9.17) is 4.74 Å². The molecule has 0 amide bonds. The Hall–Kier alpha value is -2.10. The minimum absolute atomic E-state index is 0.0763. The van der Waals surface area contributed by atoms with Gasteiger partial charge in [-0.15, -0.1) is 0 Å². The van der Waals surface area contributed by atoms with E-state index in [0.717, 1.165) is 21.5 Å². The first-order valence-corrected chi connectivity index (χ1v) is 8.75. The molecule has 3 aromatic rings. The first kappa shape index (κ1) is 16.7. The number of hydrogen-bond acceptors (Lipinski definition) is 2. The predicted molar refractivity (Wildman–Crippen MR) is 101 cm³/mol. The molecule has 0 saturated carbocycles. The van der Waals surface area contributed by atoms with E-state index in [9.17, 15) is 5.11 Å². The van der Waals surface area contributed by atoms with Gasteiger partial charge in [0.15, 0.2) is 0 Å². The highest BCUT2D eigenvalue weighted by Crippen LogP contribution is 2.38. The number of para-hydroxylation sites is 1. The molecule has 0 heterocycles. The number of benzene rings is 3. The summed E-state index contributed by atoms with van der Waals surface area (Å²) in [7, 11) is 0. The molecule has 0 fully saturated rings. The van der Waals surface area contributed by atoms with Crippen LogP contribution >= 0.6 is 15.9 Å². The molecular weight excluding hydrogens is 364 g/mol. The molecule has 3 rings (SSSR count). The molecule has 0 aromatic heterocycles. The van der Waals surface area contributed by atoms with E-state index in [0.29, 0.717) is 6.42 Å². The van der Waals surface area contributed by atoms with Crippen LogP contribution in [-0.4, -0.2) is 11.7 Å². The molecule has 0 aliphatic carbocycles. The summed E-state index contributed by atoms with van der Waals surface area (Å²) >= 11 is 3.56. The predicted octanol–water partition coefficient (Wildman–Crippen LogP) is 5.76. The average molecular weight is 383 g/mol. The van der Waals surface area contributed by atoms with Gasteiger partial charge in [0.1, 0.15) is 11.5 Å². The zero-order valence-corrected chi connectivity index (χ0v) is 14.8. The number of ether oxygens (including phenoxy) is 1. The SMILES string of the molecule is OCCC(c1ccccc1)c1cc(Br)ccc1Oc1ccccc1. The maximum absolute atomic E-state index is 9.56. The van der Waals surface area contributed by atoms with E-state index >= 15 is 0 Å². The fraction of sp³-hybridized carbons (Fsp3) is 0.143. The van der Waals surface area contributed by atoms with E-state index in [1.807, 2.05) is 60.7 Å². The normalized spacial score (nSPS) is 11.9. The molecule has 0 spiro atoms. The van der Waals surface area contributed by atoms with Crippen molar-refractivity contribution in [1.29, 1.82) is 0 Å². The molecule has 0 aliphatic heterocycles. The van der Waals surface area contributed by atoms with Crippen molar-refractivity contribution >= 4 is 15.9 Å². The number of rotatable bonds is 6. The Morgan fingerprint density at radius 3 is 2.21 bits per heavy atom. The molecule has 24 heavy (non-hydrogen) atoms. The molecule has 3 heteroatoms. The summed E-state index contributed by atoms with van der Waals surface area (Å²) in [5, 5.41) is 9.56. The first-order valence-electron chi connectivity index (χ1n) is 7.96. The number of halogens is 1. The summed E-state index contributed by atoms with van der Waals surface area (Å²) in [4.78, 5) is 0. The van der Waals surface area contributed by atoms with Crippen molar-refractivity contribution in [3.8, 4) is 11.5 Å². The average Bonchev–Trinajstić information content (AvgIpc) is 2.63. The molecule has 1 atom stereocenters. The monoisotopic (exact) mass is 382 g/mol. The van der Waals surface area contributed by atoms with Crippen LogP contribution in [0.3, 0.4) is 0 Å². The van der Waals surface area contributed by atoms with Gasteiger partial charge in [-0.1, -0.05) is 64.5 Å². The van der Waals surface area contributed by atoms with Crippen LogP contribution in [0, 0.1) is 0 Å². The van der Waals surface area contributed by atoms with Gasteiger partial charge in [0.2, 0.25) is 0 Å². The second kappa shape index (κ2) is 8.13. The topological polar surface area (TPSA) is 29.5 Å². The molecule has 0 aliphatic rings. The molecule has 2 nitrogen and oxygen atoms in total. The third-order valence-electron chi connectivity index (χ3n) is 3.94. The van der Waals surface area contributed by atoms with Crippen molar-refractivity contribution in [2.75, 3.05) is 6.61 Å². The van der Waals surface area contributed by atoms with Gasteiger partial charge < -0.3 is 9.84 Å². The molecular formula is C21H19BrO2. The van der Waals surface area contributed by atoms with E-state index < -0.39 is 0 Å². The first-order chi connectivity index (χ1) is 11.8. The lowest BCUT2D eigenvalue weighted by molar-refractivity contribution is 0.281. The van der Waals surface area contributed by atoms with E-state index in [2.05, 4.69) is 34.1 Å². The maximum Gasteiger partial charge on any atom is 0.131 e. The standard InChI is InChI=1S/C21H19BrO2/c22-17-11-12-21(24-18-9-5-2-6-10-18)20(15-17)19(13-14-23)16-7-3-1-4-8-16/h1-12,15,19,23H,13-14H2. The maximum atomic E-state index is 9.56. The second-order valence-corrected chi connectivity index (χ2v) is 6.49. The fourth-order valence-electron chi connectivity index (χ4n) is 2.82. The summed E-state index contributed by atoms with van der Waals surface area (Å²) < 4.78 is 7.11. The van der Waals surface area contributed by atoms with Crippen molar-refractivity contribution in [2.45, 2.75) is 12.3 Å². The van der Waals surface area contributed by atoms with Crippen LogP contribution in [0.15, 0.2) is 83.3 Å². The number of hydrogen-bond donors (Lipinski definition) is 1. The van der Waals surface area contributed by atoms with E-state index in [-0.39, 0.29) is 12.5 Å². The van der Waals surface area contributed by atoms with Crippen LogP contribution < -0.4 is 4.74 Å². The fourth-order valence-corrected chi connectivity index (χ4v) is 3.20. The quantitative estimate of drug-likeness (QED) is 0.587. The second-order valence-electron chi connectivity index (χ2n) is 5.57. The van der Waals surface area contributed by atoms with Crippen molar-refractivity contribution in [3.05, 3.63) is 94.5 Å². The van der Waals surface area contributed by atoms with Crippen molar-refractivity contribution in [3.63, 3.8) is 0 Å². The Kier molecular flexibility index (Phi) is 5.68. The summed E-state index contributed by atoms with van der Waals surface area (Å²) in [5.41, 5.74) is 2.23. The van der Waals surface area contributed by atoms with Gasteiger partial charge >= 0.3 is 0 Å². The van der Waals surface area contributed by atoms with Crippen molar-refractivity contribution in [1.82, 2.24) is 0 Å².